The Balaban J connectivity index is 0.000000455. The maximum atomic E-state index is 14.4. The number of ether oxygens (including phenoxy) is 3. The fourth-order valence-electron chi connectivity index (χ4n) is 8.27. The number of nitrogens with one attached hydrogen (secondary N) is 1. The van der Waals surface area contributed by atoms with Crippen molar-refractivity contribution >= 4 is 164 Å². The van der Waals surface area contributed by atoms with Crippen molar-refractivity contribution in [1.29, 1.82) is 0 Å². The summed E-state index contributed by atoms with van der Waals surface area (Å²) in [6, 6.07) is 9.59. The number of rotatable bonds is 16. The van der Waals surface area contributed by atoms with Crippen LogP contribution in [0.15, 0.2) is 61.4 Å². The third-order valence-electron chi connectivity index (χ3n) is 11.9. The molecule has 0 bridgehead atoms. The van der Waals surface area contributed by atoms with Gasteiger partial charge in [-0.2, -0.15) is 0 Å². The van der Waals surface area contributed by atoms with Gasteiger partial charge in [-0.1, -0.05) is 75.5 Å². The van der Waals surface area contributed by atoms with Gasteiger partial charge in [0.2, 0.25) is 17.7 Å². The van der Waals surface area contributed by atoms with Crippen LogP contribution in [0.4, 0.5) is 0 Å². The maximum absolute atomic E-state index is 14.4. The number of carbonyl (C=O) groups excluding carboxylic acids is 4. The minimum absolute atomic E-state index is 0.0191. The molecule has 7 rings (SSSR count). The Bertz CT molecular complexity index is 2620. The average molecular weight is 1590 g/mol. The first-order valence-electron chi connectivity index (χ1n) is 21.6. The normalized spacial score (nSPS) is 20.0. The van der Waals surface area contributed by atoms with Crippen molar-refractivity contribution in [3.63, 3.8) is 0 Å². The van der Waals surface area contributed by atoms with Gasteiger partial charge in [-0.05, 0) is 67.0 Å². The van der Waals surface area contributed by atoms with Gasteiger partial charge in [0.25, 0.3) is 0 Å². The number of aromatic nitrogens is 2. The molecule has 13 nitrogen and oxygen atoms in total. The van der Waals surface area contributed by atoms with Crippen molar-refractivity contribution in [2.45, 2.75) is 96.1 Å². The standard InChI is InChI=1S/C37H48ClN3O8S.C10H7Cl2NO.I3.I2/c1-8-22-16-37(22,32(43)20-50(46,47)26-10-11-26)40-33(44)30-15-25(49-34-29-13-23(38)9-12-27(29)31(48-7)18-39-34)19-41(30)35(45)28(21(2)3)14-24(42)17-36(4,5)6;1-14-9-5-13-10(12)8-4-6(11)2-3-7(8)9;1-3-2;1-2/h8-9,12-13,18,21-22,25-26,28,30H,1,10-11,14-17,19-20H2,2-7H3,(H,40,44);2-5H,1H3;;/q;;-1;/t22-,25-,28+,30+,37-;;;/m1.../s1. The molecule has 3 fully saturated rings. The molecule has 1 saturated heterocycles. The van der Waals surface area contributed by atoms with Crippen molar-refractivity contribution in [2.75, 3.05) is 26.5 Å². The number of Topliss-reactive ketones (excluding diaryl/α,β-unsaturated/α-hetero) is 2. The average Bonchev–Trinajstić information content (AvgIpc) is 4.23. The molecule has 2 saturated carbocycles. The van der Waals surface area contributed by atoms with Gasteiger partial charge in [-0.15, -0.1) is 6.58 Å². The van der Waals surface area contributed by atoms with Gasteiger partial charge in [-0.3, -0.25) is 19.2 Å². The summed E-state index contributed by atoms with van der Waals surface area (Å²) in [6.45, 7) is 13.4. The fourth-order valence-corrected chi connectivity index (χ4v) is 10.5. The molecule has 3 aliphatic rings. The Morgan fingerprint density at radius 2 is 1.49 bits per heavy atom. The number of hydrogen-bond donors (Lipinski definition) is 1. The molecule has 4 aromatic rings. The number of pyridine rings is 2. The second-order valence-electron chi connectivity index (χ2n) is 18.4. The van der Waals surface area contributed by atoms with E-state index in [-0.39, 0.29) is 54.7 Å². The summed E-state index contributed by atoms with van der Waals surface area (Å²) < 4.78 is 42.5. The van der Waals surface area contributed by atoms with Crippen LogP contribution in [0.25, 0.3) is 21.5 Å². The second-order valence-corrected chi connectivity index (χ2v) is 38.2. The van der Waals surface area contributed by atoms with Crippen LogP contribution in [0, 0.1) is 23.2 Å². The molecule has 380 valence electrons. The molecule has 0 spiro atoms. The number of amides is 2. The van der Waals surface area contributed by atoms with Gasteiger partial charge >= 0.3 is 50.5 Å². The quantitative estimate of drug-likeness (QED) is 0.0645. The predicted molar refractivity (Wildman–Crippen MR) is 305 cm³/mol. The summed E-state index contributed by atoms with van der Waals surface area (Å²) in [6.07, 6.45) is 5.65. The van der Waals surface area contributed by atoms with Crippen LogP contribution >= 0.6 is 109 Å². The van der Waals surface area contributed by atoms with Crippen LogP contribution in [0.1, 0.15) is 73.1 Å². The van der Waals surface area contributed by atoms with E-state index in [0.29, 0.717) is 70.0 Å². The first kappa shape index (κ1) is 60.7. The Morgan fingerprint density at radius 1 is 0.942 bits per heavy atom. The summed E-state index contributed by atoms with van der Waals surface area (Å²) in [7, 11) is -0.506. The number of sulfone groups is 1. The predicted octanol–water partition coefficient (Wildman–Crippen LogP) is 9.22. The summed E-state index contributed by atoms with van der Waals surface area (Å²) in [5, 5.41) is 6.88. The number of hydrogen-bond acceptors (Lipinski definition) is 11. The van der Waals surface area contributed by atoms with Gasteiger partial charge in [0, 0.05) is 99.9 Å². The molecule has 2 aromatic heterocycles. The van der Waals surface area contributed by atoms with Crippen molar-refractivity contribution in [3.8, 4) is 17.4 Å². The van der Waals surface area contributed by atoms with Gasteiger partial charge < -0.3 is 24.4 Å². The zero-order valence-corrected chi connectivity index (χ0v) is 52.8. The Labute approximate surface area is 473 Å². The Hall–Kier alpha value is -0.850. The third kappa shape index (κ3) is 16.3. The summed E-state index contributed by atoms with van der Waals surface area (Å²) in [5.74, 6) is -2.13. The second kappa shape index (κ2) is 27.1. The van der Waals surface area contributed by atoms with E-state index in [0.717, 1.165) is 10.8 Å². The topological polar surface area (TPSA) is 171 Å². The first-order valence-corrected chi connectivity index (χ1v) is 43.3. The number of nitrogens with zero attached hydrogens (tertiary/aromatic N) is 3. The number of methoxy groups -OCH3 is 2. The third-order valence-corrected chi connectivity index (χ3v) is 14.8. The van der Waals surface area contributed by atoms with E-state index in [1.54, 1.807) is 49.7 Å². The van der Waals surface area contributed by atoms with E-state index in [2.05, 4.69) is 96.3 Å². The van der Waals surface area contributed by atoms with E-state index in [1.165, 1.54) is 18.2 Å². The van der Waals surface area contributed by atoms with Gasteiger partial charge in [0.05, 0.1) is 38.4 Å². The molecular weight excluding hydrogens is 1540 g/mol. The summed E-state index contributed by atoms with van der Waals surface area (Å²) in [4.78, 5) is 65.2. The van der Waals surface area contributed by atoms with E-state index in [4.69, 9.17) is 49.0 Å². The molecule has 3 heterocycles. The van der Waals surface area contributed by atoms with E-state index >= 15 is 0 Å². The van der Waals surface area contributed by atoms with Crippen molar-refractivity contribution in [2.24, 2.45) is 23.2 Å². The van der Waals surface area contributed by atoms with Crippen LogP contribution in [0.2, 0.25) is 15.2 Å². The van der Waals surface area contributed by atoms with E-state index in [9.17, 15) is 27.6 Å². The van der Waals surface area contributed by atoms with Crippen LogP contribution in [0.5, 0.6) is 17.4 Å². The number of likely N-dealkylation sites (tertiary alicyclic amines) is 1. The van der Waals surface area contributed by atoms with Crippen molar-refractivity contribution in [1.82, 2.24) is 20.2 Å². The minimum atomic E-state index is -3.63. The SMILES string of the molecule is C=C[C@@H]1C[C@]1(NC(=O)[C@@H]1C[C@@H](Oc2ncc(OC)c3ccc(Cl)cc23)CN1C(=O)[C@@H](CC(=O)CC(C)(C)C)C(C)C)C(=O)CS(=O)(=O)C1CC1.COc1cnc(Cl)c2cc(Cl)ccc12.II.I[I-]I. The van der Waals surface area contributed by atoms with E-state index < -0.39 is 62.1 Å². The molecule has 2 amide bonds. The fraction of sp³-hybridized carbons (Fsp3) is 0.489. The molecule has 0 radical (unpaired) electrons. The van der Waals surface area contributed by atoms with Gasteiger partial charge in [0.1, 0.15) is 45.9 Å². The van der Waals surface area contributed by atoms with Crippen LogP contribution in [-0.2, 0) is 29.0 Å². The summed E-state index contributed by atoms with van der Waals surface area (Å²) >= 11 is 27.7. The Kier molecular flexibility index (Phi) is 23.8. The number of benzene rings is 2. The number of halogens is 8. The molecule has 1 N–H and O–H groups in total. The number of ketones is 2. The molecule has 2 aromatic carbocycles. The van der Waals surface area contributed by atoms with Crippen molar-refractivity contribution in [3.05, 3.63) is 76.6 Å². The molecule has 22 heteroatoms. The molecule has 5 atom stereocenters. The molecule has 1 aliphatic heterocycles. The number of carbonyl (C=O) groups is 4. The van der Waals surface area contributed by atoms with Crippen molar-refractivity contribution < 1.29 is 55.1 Å². The summed E-state index contributed by atoms with van der Waals surface area (Å²) in [5.41, 5.74) is -1.67. The monoisotopic (exact) mass is 1590 g/mol. The number of fused-ring (bicyclic) bond motifs is 2. The Morgan fingerprint density at radius 3 is 2.00 bits per heavy atom. The molecule has 69 heavy (non-hydrogen) atoms. The molecular formula is C47H55Cl3I5N4O9S-. The first-order chi connectivity index (χ1) is 32.5. The van der Waals surface area contributed by atoms with E-state index in [1.807, 2.05) is 40.7 Å². The van der Waals surface area contributed by atoms with Crippen LogP contribution < -0.4 is 32.8 Å². The van der Waals surface area contributed by atoms with Crippen LogP contribution in [-0.4, -0.2) is 96.1 Å². The zero-order chi connectivity index (χ0) is 51.6. The zero-order valence-electron chi connectivity index (χ0n) is 39.0. The van der Waals surface area contributed by atoms with Gasteiger partial charge in [0.15, 0.2) is 15.6 Å². The van der Waals surface area contributed by atoms with Gasteiger partial charge in [-0.25, -0.2) is 18.4 Å². The molecule has 0 unspecified atom stereocenters. The van der Waals surface area contributed by atoms with Crippen LogP contribution in [0.3, 0.4) is 0 Å². The molecule has 2 aliphatic carbocycles.